The van der Waals surface area contributed by atoms with Crippen molar-refractivity contribution in [2.24, 2.45) is 0 Å². The van der Waals surface area contributed by atoms with Crippen molar-refractivity contribution in [2.75, 3.05) is 0 Å². The maximum atomic E-state index is 5.97. The van der Waals surface area contributed by atoms with Crippen molar-refractivity contribution in [3.63, 3.8) is 0 Å². The van der Waals surface area contributed by atoms with Crippen LogP contribution in [0.5, 0.6) is 11.6 Å². The van der Waals surface area contributed by atoms with Gasteiger partial charge in [0.15, 0.2) is 0 Å². The van der Waals surface area contributed by atoms with Crippen molar-refractivity contribution in [2.45, 2.75) is 13.8 Å². The van der Waals surface area contributed by atoms with Crippen LogP contribution in [0.2, 0.25) is 0 Å². The molecule has 0 amide bonds. The molecule has 0 aliphatic heterocycles. The average molecular weight is 442 g/mol. The van der Waals surface area contributed by atoms with E-state index in [0.29, 0.717) is 5.88 Å². The topological polar surface area (TPSA) is 39.9 Å². The monoisotopic (exact) mass is 441 g/mol. The number of aromatic nitrogens is 3. The molecule has 0 bridgehead atoms. The zero-order valence-corrected chi connectivity index (χ0v) is 19.1. The first-order valence-corrected chi connectivity index (χ1v) is 11.3. The Morgan fingerprint density at radius 3 is 2.35 bits per heavy atom. The lowest BCUT2D eigenvalue weighted by molar-refractivity contribution is 0.463. The third kappa shape index (κ3) is 3.59. The number of ether oxygens (including phenoxy) is 1. The van der Waals surface area contributed by atoms with Gasteiger partial charge in [-0.05, 0) is 73.0 Å². The van der Waals surface area contributed by atoms with Gasteiger partial charge in [0.1, 0.15) is 11.6 Å². The number of rotatable bonds is 4. The normalized spacial score (nSPS) is 11.2. The molecule has 0 unspecified atom stereocenters. The molecular weight excluding hydrogens is 418 g/mol. The number of benzene rings is 3. The summed E-state index contributed by atoms with van der Waals surface area (Å²) < 4.78 is 8.24. The van der Waals surface area contributed by atoms with Gasteiger partial charge in [-0.2, -0.15) is 0 Å². The summed E-state index contributed by atoms with van der Waals surface area (Å²) in [5.74, 6) is 2.28. The lowest BCUT2D eigenvalue weighted by Crippen LogP contribution is -1.99. The first kappa shape index (κ1) is 20.2. The Morgan fingerprint density at radius 2 is 1.50 bits per heavy atom. The minimum absolute atomic E-state index is 0.580. The van der Waals surface area contributed by atoms with Crippen molar-refractivity contribution in [3.05, 3.63) is 115 Å². The molecule has 4 nitrogen and oxygen atoms in total. The van der Waals surface area contributed by atoms with E-state index in [0.717, 1.165) is 39.4 Å². The second-order valence-electron chi connectivity index (χ2n) is 8.53. The van der Waals surface area contributed by atoms with Crippen molar-refractivity contribution in [3.8, 4) is 28.6 Å². The summed E-state index contributed by atoms with van der Waals surface area (Å²) in [4.78, 5) is 9.14. The minimum Gasteiger partial charge on any atom is -0.439 e. The van der Waals surface area contributed by atoms with Crippen LogP contribution < -0.4 is 4.74 Å². The summed E-state index contributed by atoms with van der Waals surface area (Å²) in [6.45, 7) is 4.16. The molecule has 0 saturated carbocycles. The number of pyridine rings is 2. The zero-order chi connectivity index (χ0) is 23.1. The molecule has 0 atom stereocenters. The van der Waals surface area contributed by atoms with Crippen molar-refractivity contribution in [1.29, 1.82) is 0 Å². The highest BCUT2D eigenvalue weighted by Gasteiger charge is 2.14. The summed E-state index contributed by atoms with van der Waals surface area (Å²) in [6, 6.07) is 33.2. The second-order valence-corrected chi connectivity index (χ2v) is 8.53. The van der Waals surface area contributed by atoms with E-state index in [2.05, 4.69) is 83.2 Å². The van der Waals surface area contributed by atoms with Gasteiger partial charge in [0.05, 0.1) is 11.0 Å². The van der Waals surface area contributed by atoms with Crippen LogP contribution in [-0.4, -0.2) is 14.5 Å². The van der Waals surface area contributed by atoms with Crippen LogP contribution in [0.4, 0.5) is 0 Å². The van der Waals surface area contributed by atoms with Crippen molar-refractivity contribution < 1.29 is 4.74 Å². The van der Waals surface area contributed by atoms with Crippen LogP contribution in [0.15, 0.2) is 103 Å². The summed E-state index contributed by atoms with van der Waals surface area (Å²) in [6.07, 6.45) is 1.73. The van der Waals surface area contributed by atoms with Gasteiger partial charge in [-0.3, -0.25) is 4.57 Å². The Hall–Kier alpha value is -4.44. The van der Waals surface area contributed by atoms with E-state index in [-0.39, 0.29) is 0 Å². The number of fused-ring (bicyclic) bond motifs is 3. The molecule has 4 heteroatoms. The Labute approximate surface area is 198 Å². The zero-order valence-electron chi connectivity index (χ0n) is 19.1. The van der Waals surface area contributed by atoms with Crippen LogP contribution in [0.3, 0.4) is 0 Å². The van der Waals surface area contributed by atoms with Gasteiger partial charge in [0.25, 0.3) is 0 Å². The lowest BCUT2D eigenvalue weighted by atomic mass is 10.0. The van der Waals surface area contributed by atoms with Crippen LogP contribution in [0, 0.1) is 13.8 Å². The summed E-state index contributed by atoms with van der Waals surface area (Å²) >= 11 is 0. The van der Waals surface area contributed by atoms with Crippen molar-refractivity contribution >= 4 is 21.8 Å². The molecule has 6 aromatic rings. The highest BCUT2D eigenvalue weighted by molar-refractivity contribution is 6.10. The molecule has 34 heavy (non-hydrogen) atoms. The molecule has 0 radical (unpaired) electrons. The fraction of sp³-hybridized carbons (Fsp3) is 0.0667. The minimum atomic E-state index is 0.580. The van der Waals surface area contributed by atoms with Crippen LogP contribution in [0.25, 0.3) is 38.8 Å². The first-order valence-electron chi connectivity index (χ1n) is 11.3. The Morgan fingerprint density at radius 1 is 0.676 bits per heavy atom. The van der Waals surface area contributed by atoms with Gasteiger partial charge in [-0.25, -0.2) is 9.97 Å². The number of aryl methyl sites for hydroxylation is 2. The van der Waals surface area contributed by atoms with Crippen molar-refractivity contribution in [1.82, 2.24) is 14.5 Å². The van der Waals surface area contributed by atoms with E-state index in [1.165, 1.54) is 16.3 Å². The molecule has 3 heterocycles. The SMILES string of the molecule is Cc1cc(C)nc(-n2c3ccccc3c3ccc(-c4cccc(Oc5ccccn5)c4)cc32)c1. The van der Waals surface area contributed by atoms with E-state index >= 15 is 0 Å². The molecule has 3 aromatic carbocycles. The quantitative estimate of drug-likeness (QED) is 0.282. The molecule has 0 N–H and O–H groups in total. The highest BCUT2D eigenvalue weighted by atomic mass is 16.5. The predicted molar refractivity (Wildman–Crippen MR) is 138 cm³/mol. The van der Waals surface area contributed by atoms with Gasteiger partial charge in [-0.15, -0.1) is 0 Å². The van der Waals surface area contributed by atoms with E-state index in [4.69, 9.17) is 9.72 Å². The molecule has 0 aliphatic rings. The Bertz CT molecular complexity index is 1630. The highest BCUT2D eigenvalue weighted by Crippen LogP contribution is 2.35. The largest absolute Gasteiger partial charge is 0.439 e. The number of hydrogen-bond donors (Lipinski definition) is 0. The lowest BCUT2D eigenvalue weighted by Gasteiger charge is -2.11. The van der Waals surface area contributed by atoms with Gasteiger partial charge in [0, 0.05) is 28.7 Å². The predicted octanol–water partition coefficient (Wildman–Crippen LogP) is 7.65. The molecule has 164 valence electrons. The fourth-order valence-corrected chi connectivity index (χ4v) is 4.60. The average Bonchev–Trinajstić information content (AvgIpc) is 3.18. The standard InChI is InChI=1S/C30H23N3O/c1-20-16-21(2)32-29(17-20)33-27-11-4-3-10-25(27)26-14-13-23(19-28(26)33)22-8-7-9-24(18-22)34-30-12-5-6-15-31-30/h3-19H,1-2H3. The van der Waals surface area contributed by atoms with Gasteiger partial charge in [0.2, 0.25) is 5.88 Å². The molecule has 0 fully saturated rings. The smallest absolute Gasteiger partial charge is 0.219 e. The summed E-state index contributed by atoms with van der Waals surface area (Å²) in [5.41, 5.74) is 6.69. The summed E-state index contributed by atoms with van der Waals surface area (Å²) in [7, 11) is 0. The van der Waals surface area contributed by atoms with E-state index in [1.54, 1.807) is 6.20 Å². The summed E-state index contributed by atoms with van der Waals surface area (Å²) in [5, 5.41) is 2.43. The maximum Gasteiger partial charge on any atom is 0.219 e. The fourth-order valence-electron chi connectivity index (χ4n) is 4.60. The number of hydrogen-bond acceptors (Lipinski definition) is 3. The molecule has 0 saturated heterocycles. The number of para-hydroxylation sites is 1. The molecule has 0 spiro atoms. The third-order valence-electron chi connectivity index (χ3n) is 6.01. The number of nitrogens with zero attached hydrogens (tertiary/aromatic N) is 3. The molecule has 6 rings (SSSR count). The first-order chi connectivity index (χ1) is 16.7. The Kier molecular flexibility index (Phi) is 4.84. The second kappa shape index (κ2) is 8.16. The van der Waals surface area contributed by atoms with Crippen LogP contribution in [-0.2, 0) is 0 Å². The molecule has 0 aliphatic carbocycles. The molecular formula is C30H23N3O. The maximum absolute atomic E-state index is 5.97. The van der Waals surface area contributed by atoms with Gasteiger partial charge < -0.3 is 4.74 Å². The Balaban J connectivity index is 1.52. The van der Waals surface area contributed by atoms with Crippen LogP contribution >= 0.6 is 0 Å². The molecule has 3 aromatic heterocycles. The van der Waals surface area contributed by atoms with E-state index in [9.17, 15) is 0 Å². The van der Waals surface area contributed by atoms with Gasteiger partial charge >= 0.3 is 0 Å². The van der Waals surface area contributed by atoms with Gasteiger partial charge in [-0.1, -0.05) is 48.5 Å². The third-order valence-corrected chi connectivity index (χ3v) is 6.01. The van der Waals surface area contributed by atoms with E-state index < -0.39 is 0 Å². The van der Waals surface area contributed by atoms with Crippen LogP contribution in [0.1, 0.15) is 11.3 Å². The van der Waals surface area contributed by atoms with E-state index in [1.807, 2.05) is 37.3 Å².